The molecule has 3 aromatic rings. The van der Waals surface area contributed by atoms with Crippen LogP contribution in [-0.2, 0) is 30.7 Å². The van der Waals surface area contributed by atoms with Gasteiger partial charge in [-0.05, 0) is 36.4 Å². The average molecular weight is 475 g/mol. The molecule has 3 N–H and O–H groups in total. The zero-order chi connectivity index (χ0) is 22.8. The highest BCUT2D eigenvalue weighted by molar-refractivity contribution is 7.87. The smallest absolute Gasteiger partial charge is 0.453 e. The van der Waals surface area contributed by atoms with Gasteiger partial charge in [-0.25, -0.2) is 18.7 Å². The number of phosphoric acid groups is 1. The number of benzene rings is 2. The van der Waals surface area contributed by atoms with Gasteiger partial charge in [-0.3, -0.25) is 14.4 Å². The number of halogens is 1. The summed E-state index contributed by atoms with van der Waals surface area (Å²) in [5.74, 6) is -0.993. The van der Waals surface area contributed by atoms with Crippen LogP contribution >= 0.6 is 7.82 Å². The summed E-state index contributed by atoms with van der Waals surface area (Å²) in [6.45, 7) is -0.742. The standard InChI is InChI=1S/C16H15FN3O9PS/c1-27-16(21)19-15-18-13-7-4-11(8-14(13)20(15)9-28-30(22,23)24)29-31(25,26)12-5-2-10(17)3-6-12/h2-8H,9H2,1H3,(H,18,19,21)(H2,22,23,24). The number of phosphoric ester groups is 1. The van der Waals surface area contributed by atoms with E-state index in [1.807, 2.05) is 0 Å². The summed E-state index contributed by atoms with van der Waals surface area (Å²) >= 11 is 0. The van der Waals surface area contributed by atoms with Crippen molar-refractivity contribution in [3.8, 4) is 5.75 Å². The zero-order valence-electron chi connectivity index (χ0n) is 15.6. The van der Waals surface area contributed by atoms with Crippen molar-refractivity contribution in [1.82, 2.24) is 9.55 Å². The summed E-state index contributed by atoms with van der Waals surface area (Å²) in [6.07, 6.45) is -0.914. The molecule has 12 nitrogen and oxygen atoms in total. The minimum Gasteiger partial charge on any atom is -0.453 e. The number of nitrogens with one attached hydrogen (secondary N) is 1. The Morgan fingerprint density at radius 3 is 2.52 bits per heavy atom. The Hall–Kier alpha value is -3.03. The van der Waals surface area contributed by atoms with Gasteiger partial charge < -0.3 is 18.7 Å². The largest absolute Gasteiger partial charge is 0.471 e. The third kappa shape index (κ3) is 5.57. The predicted molar refractivity (Wildman–Crippen MR) is 103 cm³/mol. The molecular formula is C16H15FN3O9PS. The molecule has 2 aromatic carbocycles. The number of imidazole rings is 1. The number of fused-ring (bicyclic) bond motifs is 1. The highest BCUT2D eigenvalue weighted by Crippen LogP contribution is 2.37. The van der Waals surface area contributed by atoms with Crippen LogP contribution in [0.5, 0.6) is 5.75 Å². The first-order valence-electron chi connectivity index (χ1n) is 8.24. The summed E-state index contributed by atoms with van der Waals surface area (Å²) in [4.78, 5) is 33.3. The Balaban J connectivity index is 2.00. The van der Waals surface area contributed by atoms with Crippen molar-refractivity contribution in [1.29, 1.82) is 0 Å². The van der Waals surface area contributed by atoms with Crippen molar-refractivity contribution in [3.63, 3.8) is 0 Å². The van der Waals surface area contributed by atoms with Crippen LogP contribution in [0.2, 0.25) is 0 Å². The van der Waals surface area contributed by atoms with E-state index in [4.69, 9.17) is 14.0 Å². The second-order valence-electron chi connectivity index (χ2n) is 5.87. The van der Waals surface area contributed by atoms with Crippen molar-refractivity contribution in [2.45, 2.75) is 11.6 Å². The third-order valence-corrected chi connectivity index (χ3v) is 5.50. The Bertz CT molecular complexity index is 1270. The fraction of sp³-hybridized carbons (Fsp3) is 0.125. The van der Waals surface area contributed by atoms with Gasteiger partial charge in [0.25, 0.3) is 0 Å². The number of nitrogens with zero attached hydrogens (tertiary/aromatic N) is 2. The molecule has 0 bridgehead atoms. The van der Waals surface area contributed by atoms with E-state index in [9.17, 15) is 22.2 Å². The van der Waals surface area contributed by atoms with E-state index in [-0.39, 0.29) is 27.6 Å². The van der Waals surface area contributed by atoms with E-state index in [0.29, 0.717) is 0 Å². The Kier molecular flexibility index (Phi) is 6.29. The Morgan fingerprint density at radius 2 is 1.90 bits per heavy atom. The highest BCUT2D eigenvalue weighted by atomic mass is 32.2. The number of ether oxygens (including phenoxy) is 1. The lowest BCUT2D eigenvalue weighted by Crippen LogP contribution is -2.16. The lowest BCUT2D eigenvalue weighted by Gasteiger charge is -2.11. The monoisotopic (exact) mass is 475 g/mol. The van der Waals surface area contributed by atoms with Gasteiger partial charge in [0.05, 0.1) is 18.1 Å². The average Bonchev–Trinajstić information content (AvgIpc) is 3.02. The minimum absolute atomic E-state index is 0.117. The predicted octanol–water partition coefficient (Wildman–Crippen LogP) is 2.19. The van der Waals surface area contributed by atoms with Crippen LogP contribution in [0.4, 0.5) is 15.1 Å². The van der Waals surface area contributed by atoms with Crippen LogP contribution in [0.3, 0.4) is 0 Å². The highest BCUT2D eigenvalue weighted by Gasteiger charge is 2.21. The fourth-order valence-electron chi connectivity index (χ4n) is 2.43. The van der Waals surface area contributed by atoms with Gasteiger partial charge in [-0.2, -0.15) is 8.42 Å². The maximum Gasteiger partial charge on any atom is 0.471 e. The fourth-order valence-corrected chi connectivity index (χ4v) is 3.62. The van der Waals surface area contributed by atoms with Crippen molar-refractivity contribution in [3.05, 3.63) is 48.3 Å². The molecule has 0 fully saturated rings. The molecule has 0 aliphatic carbocycles. The number of anilines is 1. The van der Waals surface area contributed by atoms with Crippen LogP contribution in [0.15, 0.2) is 47.4 Å². The number of methoxy groups -OCH3 is 1. The molecule has 0 spiro atoms. The van der Waals surface area contributed by atoms with Crippen molar-refractivity contribution in [2.75, 3.05) is 12.4 Å². The first-order valence-corrected chi connectivity index (χ1v) is 11.2. The van der Waals surface area contributed by atoms with Crippen molar-refractivity contribution >= 4 is 41.0 Å². The third-order valence-electron chi connectivity index (χ3n) is 3.78. The molecule has 1 heterocycles. The molecule has 1 amide bonds. The number of rotatable bonds is 7. The zero-order valence-corrected chi connectivity index (χ0v) is 17.3. The van der Waals surface area contributed by atoms with E-state index in [2.05, 4.69) is 19.6 Å². The Labute approximate surface area is 174 Å². The molecule has 0 radical (unpaired) electrons. The first-order chi connectivity index (χ1) is 14.5. The topological polar surface area (TPSA) is 166 Å². The van der Waals surface area contributed by atoms with Gasteiger partial charge in [-0.15, -0.1) is 0 Å². The van der Waals surface area contributed by atoms with Gasteiger partial charge in [0, 0.05) is 6.07 Å². The number of hydrogen-bond acceptors (Lipinski definition) is 8. The minimum atomic E-state index is -4.89. The summed E-state index contributed by atoms with van der Waals surface area (Å²) < 4.78 is 64.0. The lowest BCUT2D eigenvalue weighted by atomic mass is 10.3. The van der Waals surface area contributed by atoms with Crippen molar-refractivity contribution in [2.24, 2.45) is 0 Å². The summed E-state index contributed by atoms with van der Waals surface area (Å²) in [5.41, 5.74) is 0.332. The number of aromatic nitrogens is 2. The number of amides is 1. The summed E-state index contributed by atoms with van der Waals surface area (Å²) in [6, 6.07) is 7.79. The van der Waals surface area contributed by atoms with Crippen LogP contribution in [0, 0.1) is 5.82 Å². The normalized spacial score (nSPS) is 12.0. The maximum absolute atomic E-state index is 13.0. The van der Waals surface area contributed by atoms with E-state index in [0.717, 1.165) is 35.9 Å². The number of carbonyl (C=O) groups excluding carboxylic acids is 1. The van der Waals surface area contributed by atoms with E-state index in [1.54, 1.807) is 0 Å². The summed E-state index contributed by atoms with van der Waals surface area (Å²) in [7, 11) is -8.09. The maximum atomic E-state index is 13.0. The van der Waals surface area contributed by atoms with Gasteiger partial charge in [0.15, 0.2) is 0 Å². The van der Waals surface area contributed by atoms with Crippen LogP contribution in [0.1, 0.15) is 0 Å². The molecule has 0 unspecified atom stereocenters. The second kappa shape index (κ2) is 8.61. The summed E-state index contributed by atoms with van der Waals surface area (Å²) in [5, 5.41) is 2.25. The molecular weight excluding hydrogens is 460 g/mol. The van der Waals surface area contributed by atoms with Gasteiger partial charge >= 0.3 is 24.0 Å². The van der Waals surface area contributed by atoms with Gasteiger partial charge in [-0.1, -0.05) is 0 Å². The molecule has 0 aliphatic rings. The van der Waals surface area contributed by atoms with Crippen molar-refractivity contribution < 1.29 is 45.4 Å². The molecule has 0 aliphatic heterocycles. The second-order valence-corrected chi connectivity index (χ2v) is 8.66. The number of carbonyl (C=O) groups is 1. The van der Waals surface area contributed by atoms with E-state index in [1.165, 1.54) is 18.2 Å². The molecule has 166 valence electrons. The van der Waals surface area contributed by atoms with E-state index < -0.39 is 36.6 Å². The van der Waals surface area contributed by atoms with E-state index >= 15 is 0 Å². The molecule has 0 saturated carbocycles. The Morgan fingerprint density at radius 1 is 1.23 bits per heavy atom. The van der Waals surface area contributed by atoms with Gasteiger partial charge in [0.2, 0.25) is 5.95 Å². The quantitative estimate of drug-likeness (QED) is 0.340. The SMILES string of the molecule is COC(=O)Nc1nc2ccc(OS(=O)(=O)c3ccc(F)cc3)cc2n1COP(=O)(O)O. The van der Waals surface area contributed by atoms with Crippen LogP contribution in [-0.4, -0.2) is 41.0 Å². The number of hydrogen-bond donors (Lipinski definition) is 3. The molecule has 1 aromatic heterocycles. The molecule has 0 saturated heterocycles. The first kappa shape index (κ1) is 22.7. The molecule has 15 heteroatoms. The molecule has 3 rings (SSSR count). The lowest BCUT2D eigenvalue weighted by molar-refractivity contribution is 0.157. The van der Waals surface area contributed by atoms with Crippen LogP contribution in [0.25, 0.3) is 11.0 Å². The molecule has 0 atom stereocenters. The molecule has 31 heavy (non-hydrogen) atoms. The van der Waals surface area contributed by atoms with Gasteiger partial charge in [0.1, 0.15) is 23.2 Å². The van der Waals surface area contributed by atoms with Crippen LogP contribution < -0.4 is 9.50 Å².